The van der Waals surface area contributed by atoms with Gasteiger partial charge in [0.05, 0.1) is 4.47 Å². The number of hydrogen-bond acceptors (Lipinski definition) is 3. The second kappa shape index (κ2) is 6.08. The molecule has 2 aromatic rings. The maximum atomic E-state index is 10.6. The smallest absolute Gasteiger partial charge is 0.231 e. The van der Waals surface area contributed by atoms with E-state index < -0.39 is 6.10 Å². The zero-order chi connectivity index (χ0) is 14.8. The SMILES string of the molecule is CCCc1ccc(C(O)c2cc(Br)c3c(c2)OCO3)cc1. The molecule has 0 bridgehead atoms. The molecule has 0 radical (unpaired) electrons. The zero-order valence-electron chi connectivity index (χ0n) is 11.8. The topological polar surface area (TPSA) is 38.7 Å². The highest BCUT2D eigenvalue weighted by Gasteiger charge is 2.21. The second-order valence-corrected chi connectivity index (χ2v) is 5.98. The molecule has 0 saturated carbocycles. The predicted molar refractivity (Wildman–Crippen MR) is 84.8 cm³/mol. The van der Waals surface area contributed by atoms with Crippen molar-refractivity contribution in [2.75, 3.05) is 6.79 Å². The summed E-state index contributed by atoms with van der Waals surface area (Å²) in [6.07, 6.45) is 1.51. The fourth-order valence-electron chi connectivity index (χ4n) is 2.49. The van der Waals surface area contributed by atoms with Crippen LogP contribution in [0.2, 0.25) is 0 Å². The van der Waals surface area contributed by atoms with Gasteiger partial charge in [0, 0.05) is 0 Å². The number of hydrogen-bond donors (Lipinski definition) is 1. The number of ether oxygens (including phenoxy) is 2. The summed E-state index contributed by atoms with van der Waals surface area (Å²) in [5.41, 5.74) is 2.95. The third kappa shape index (κ3) is 2.92. The van der Waals surface area contributed by atoms with E-state index in [1.165, 1.54) is 5.56 Å². The van der Waals surface area contributed by atoms with E-state index in [1.54, 1.807) is 0 Å². The summed E-state index contributed by atoms with van der Waals surface area (Å²) in [7, 11) is 0. The lowest BCUT2D eigenvalue weighted by Crippen LogP contribution is -2.00. The van der Waals surface area contributed by atoms with E-state index in [2.05, 4.69) is 35.0 Å². The average Bonchev–Trinajstić information content (AvgIpc) is 2.97. The van der Waals surface area contributed by atoms with Gasteiger partial charge in [0.2, 0.25) is 6.79 Å². The Hall–Kier alpha value is -1.52. The van der Waals surface area contributed by atoms with Crippen LogP contribution in [0.3, 0.4) is 0 Å². The largest absolute Gasteiger partial charge is 0.454 e. The van der Waals surface area contributed by atoms with Crippen molar-refractivity contribution in [3.05, 3.63) is 57.6 Å². The van der Waals surface area contributed by atoms with Gasteiger partial charge in [-0.1, -0.05) is 37.6 Å². The van der Waals surface area contributed by atoms with E-state index in [0.717, 1.165) is 28.4 Å². The highest BCUT2D eigenvalue weighted by atomic mass is 79.9. The summed E-state index contributed by atoms with van der Waals surface area (Å²) in [4.78, 5) is 0. The van der Waals surface area contributed by atoms with Crippen molar-refractivity contribution in [1.82, 2.24) is 0 Å². The van der Waals surface area contributed by atoms with Crippen LogP contribution in [0.25, 0.3) is 0 Å². The molecule has 0 aromatic heterocycles. The fraction of sp³-hybridized carbons (Fsp3) is 0.294. The maximum Gasteiger partial charge on any atom is 0.231 e. The Morgan fingerprint density at radius 1 is 1.14 bits per heavy atom. The van der Waals surface area contributed by atoms with Crippen molar-refractivity contribution in [2.24, 2.45) is 0 Å². The maximum absolute atomic E-state index is 10.6. The van der Waals surface area contributed by atoms with Crippen LogP contribution >= 0.6 is 15.9 Å². The Kier molecular flexibility index (Phi) is 4.17. The van der Waals surface area contributed by atoms with Crippen LogP contribution in [0.4, 0.5) is 0 Å². The molecule has 1 N–H and O–H groups in total. The highest BCUT2D eigenvalue weighted by molar-refractivity contribution is 9.10. The van der Waals surface area contributed by atoms with E-state index in [0.29, 0.717) is 11.5 Å². The van der Waals surface area contributed by atoms with Gasteiger partial charge in [0.15, 0.2) is 11.5 Å². The van der Waals surface area contributed by atoms with Crippen molar-refractivity contribution in [2.45, 2.75) is 25.9 Å². The number of aliphatic hydroxyl groups excluding tert-OH is 1. The van der Waals surface area contributed by atoms with Crippen molar-refractivity contribution in [1.29, 1.82) is 0 Å². The van der Waals surface area contributed by atoms with Crippen LogP contribution in [0.15, 0.2) is 40.9 Å². The normalized spacial score (nSPS) is 14.2. The minimum absolute atomic E-state index is 0.221. The van der Waals surface area contributed by atoms with Crippen LogP contribution in [-0.4, -0.2) is 11.9 Å². The molecule has 2 aromatic carbocycles. The Morgan fingerprint density at radius 2 is 1.90 bits per heavy atom. The Balaban J connectivity index is 1.88. The van der Waals surface area contributed by atoms with Crippen molar-refractivity contribution < 1.29 is 14.6 Å². The molecule has 1 unspecified atom stereocenters. The van der Waals surface area contributed by atoms with Gasteiger partial charge in [0.25, 0.3) is 0 Å². The zero-order valence-corrected chi connectivity index (χ0v) is 13.4. The number of benzene rings is 2. The van der Waals surface area contributed by atoms with Gasteiger partial charge >= 0.3 is 0 Å². The summed E-state index contributed by atoms with van der Waals surface area (Å²) in [6.45, 7) is 2.38. The molecule has 1 aliphatic heterocycles. The molecule has 21 heavy (non-hydrogen) atoms. The molecule has 110 valence electrons. The highest BCUT2D eigenvalue weighted by Crippen LogP contribution is 2.42. The number of rotatable bonds is 4. The molecule has 0 amide bonds. The standard InChI is InChI=1S/C17H17BrO3/c1-2-3-11-4-6-12(7-5-11)16(19)13-8-14(18)17-15(9-13)20-10-21-17/h4-9,16,19H,2-3,10H2,1H3. The van der Waals surface area contributed by atoms with Crippen molar-refractivity contribution in [3.63, 3.8) is 0 Å². The van der Waals surface area contributed by atoms with Gasteiger partial charge in [-0.05, 0) is 51.2 Å². The molecular formula is C17H17BrO3. The fourth-order valence-corrected chi connectivity index (χ4v) is 3.07. The van der Waals surface area contributed by atoms with E-state index in [9.17, 15) is 5.11 Å². The minimum atomic E-state index is -0.675. The molecule has 3 nitrogen and oxygen atoms in total. The monoisotopic (exact) mass is 348 g/mol. The number of aliphatic hydroxyl groups is 1. The lowest BCUT2D eigenvalue weighted by atomic mass is 9.99. The predicted octanol–water partition coefficient (Wildman–Crippen LogP) is 4.21. The first-order valence-electron chi connectivity index (χ1n) is 7.05. The first kappa shape index (κ1) is 14.4. The third-order valence-electron chi connectivity index (χ3n) is 3.60. The van der Waals surface area contributed by atoms with Gasteiger partial charge in [-0.2, -0.15) is 0 Å². The van der Waals surface area contributed by atoms with E-state index in [-0.39, 0.29) is 6.79 Å². The van der Waals surface area contributed by atoms with Gasteiger partial charge in [-0.15, -0.1) is 0 Å². The van der Waals surface area contributed by atoms with Crippen LogP contribution < -0.4 is 9.47 Å². The second-order valence-electron chi connectivity index (χ2n) is 5.13. The van der Waals surface area contributed by atoms with Gasteiger partial charge < -0.3 is 14.6 Å². The molecule has 1 heterocycles. The molecule has 3 rings (SSSR count). The Morgan fingerprint density at radius 3 is 2.62 bits per heavy atom. The summed E-state index contributed by atoms with van der Waals surface area (Å²) < 4.78 is 11.6. The Labute approximate surface area is 132 Å². The van der Waals surface area contributed by atoms with Crippen molar-refractivity contribution >= 4 is 15.9 Å². The van der Waals surface area contributed by atoms with E-state index >= 15 is 0 Å². The number of aryl methyl sites for hydroxylation is 1. The van der Waals surface area contributed by atoms with Crippen LogP contribution in [0, 0.1) is 0 Å². The summed E-state index contributed by atoms with van der Waals surface area (Å²) >= 11 is 3.46. The quantitative estimate of drug-likeness (QED) is 0.899. The average molecular weight is 349 g/mol. The van der Waals surface area contributed by atoms with E-state index in [1.807, 2.05) is 24.3 Å². The first-order valence-corrected chi connectivity index (χ1v) is 7.84. The van der Waals surface area contributed by atoms with Crippen molar-refractivity contribution in [3.8, 4) is 11.5 Å². The summed E-state index contributed by atoms with van der Waals surface area (Å²) in [6, 6.07) is 11.8. The lowest BCUT2D eigenvalue weighted by Gasteiger charge is -2.13. The number of fused-ring (bicyclic) bond motifs is 1. The number of halogens is 1. The molecule has 1 aliphatic rings. The van der Waals surface area contributed by atoms with Gasteiger partial charge in [-0.25, -0.2) is 0 Å². The lowest BCUT2D eigenvalue weighted by molar-refractivity contribution is 0.173. The van der Waals surface area contributed by atoms with Crippen LogP contribution in [-0.2, 0) is 6.42 Å². The molecule has 0 aliphatic carbocycles. The van der Waals surface area contributed by atoms with Crippen LogP contribution in [0.5, 0.6) is 11.5 Å². The third-order valence-corrected chi connectivity index (χ3v) is 4.19. The summed E-state index contributed by atoms with van der Waals surface area (Å²) in [5.74, 6) is 1.37. The molecule has 0 fully saturated rings. The molecule has 1 atom stereocenters. The van der Waals surface area contributed by atoms with Gasteiger partial charge in [-0.3, -0.25) is 0 Å². The molecular weight excluding hydrogens is 332 g/mol. The summed E-state index contributed by atoms with van der Waals surface area (Å²) in [5, 5.41) is 10.6. The van der Waals surface area contributed by atoms with Gasteiger partial charge in [0.1, 0.15) is 6.10 Å². The van der Waals surface area contributed by atoms with Crippen LogP contribution in [0.1, 0.15) is 36.1 Å². The molecule has 0 saturated heterocycles. The Bertz CT molecular complexity index is 637. The minimum Gasteiger partial charge on any atom is -0.454 e. The first-order chi connectivity index (χ1) is 10.2. The molecule has 0 spiro atoms. The van der Waals surface area contributed by atoms with E-state index in [4.69, 9.17) is 9.47 Å². The molecule has 4 heteroatoms.